The number of methoxy groups -OCH3 is 1. The molecule has 1 rings (SSSR count). The molecule has 0 fully saturated rings. The zero-order valence-corrected chi connectivity index (χ0v) is 10.3. The summed E-state index contributed by atoms with van der Waals surface area (Å²) in [4.78, 5) is 0.272. The minimum Gasteiger partial charge on any atom is -0.495 e. The first-order valence-electron chi connectivity index (χ1n) is 3.19. The average molecular weight is 210 g/mol. The fourth-order valence-corrected chi connectivity index (χ4v) is 1.23. The summed E-state index contributed by atoms with van der Waals surface area (Å²) in [5, 5.41) is 0. The standard InChI is InChI=1S/C7H9NO3S.Na/c1-11-7-3-2-5(12(9)10)4-6(7)8;/h2-4H,8H2,1H3,(H,9,10);. The topological polar surface area (TPSA) is 72.5 Å². The van der Waals surface area contributed by atoms with Crippen molar-refractivity contribution in [2.24, 2.45) is 0 Å². The van der Waals surface area contributed by atoms with E-state index in [1.807, 2.05) is 0 Å². The first-order valence-corrected chi connectivity index (χ1v) is 4.30. The van der Waals surface area contributed by atoms with E-state index in [0.29, 0.717) is 11.4 Å². The molecule has 0 heterocycles. The van der Waals surface area contributed by atoms with Crippen molar-refractivity contribution in [1.29, 1.82) is 0 Å². The second-order valence-electron chi connectivity index (χ2n) is 2.15. The fourth-order valence-electron chi connectivity index (χ4n) is 0.821. The summed E-state index contributed by atoms with van der Waals surface area (Å²) in [6, 6.07) is 4.46. The fraction of sp³-hybridized carbons (Fsp3) is 0.143. The Bertz CT molecular complexity index is 319. The van der Waals surface area contributed by atoms with E-state index in [1.165, 1.54) is 19.2 Å². The number of benzene rings is 1. The number of anilines is 1. The van der Waals surface area contributed by atoms with Gasteiger partial charge in [0.1, 0.15) is 5.75 Å². The molecule has 0 aliphatic rings. The average Bonchev–Trinajstić information content (AvgIpc) is 2.04. The summed E-state index contributed by atoms with van der Waals surface area (Å²) in [6.45, 7) is 0. The normalized spacial score (nSPS) is 11.5. The van der Waals surface area contributed by atoms with Crippen LogP contribution in [0.25, 0.3) is 0 Å². The summed E-state index contributed by atoms with van der Waals surface area (Å²) in [5.41, 5.74) is 5.86. The second-order valence-corrected chi connectivity index (χ2v) is 3.12. The Morgan fingerprint density at radius 1 is 1.54 bits per heavy atom. The van der Waals surface area contributed by atoms with Crippen LogP contribution < -0.4 is 10.5 Å². The molecule has 0 aliphatic heterocycles. The predicted octanol–water partition coefficient (Wildman–Crippen LogP) is 0.477. The zero-order valence-electron chi connectivity index (χ0n) is 7.48. The third-order valence-corrected chi connectivity index (χ3v) is 2.06. The second kappa shape index (κ2) is 5.62. The van der Waals surface area contributed by atoms with E-state index in [1.54, 1.807) is 6.07 Å². The van der Waals surface area contributed by atoms with E-state index >= 15 is 0 Å². The number of ether oxygens (including phenoxy) is 1. The smallest absolute Gasteiger partial charge is 0.186 e. The molecule has 1 unspecified atom stereocenters. The molecule has 1 aromatic rings. The first kappa shape index (κ1) is 12.9. The Kier molecular flexibility index (Phi) is 5.59. The van der Waals surface area contributed by atoms with E-state index in [9.17, 15) is 4.21 Å². The van der Waals surface area contributed by atoms with Crippen LogP contribution in [0, 0.1) is 0 Å². The molecule has 4 nitrogen and oxygen atoms in total. The molecule has 1 atom stereocenters. The molecule has 1 radical (unpaired) electrons. The molecule has 0 spiro atoms. The molecule has 0 aliphatic carbocycles. The largest absolute Gasteiger partial charge is 0.495 e. The zero-order chi connectivity index (χ0) is 9.14. The van der Waals surface area contributed by atoms with Gasteiger partial charge in [0, 0.05) is 29.6 Å². The quantitative estimate of drug-likeness (QED) is 0.423. The van der Waals surface area contributed by atoms with E-state index in [4.69, 9.17) is 15.0 Å². The number of hydrogen-bond donors (Lipinski definition) is 2. The van der Waals surface area contributed by atoms with Crippen molar-refractivity contribution in [3.05, 3.63) is 18.2 Å². The Hall–Kier alpha value is -0.0700. The number of nitrogens with two attached hydrogens (primary N) is 1. The maximum Gasteiger partial charge on any atom is 0.186 e. The summed E-state index contributed by atoms with van der Waals surface area (Å²) in [6.07, 6.45) is 0. The molecule has 0 saturated carbocycles. The molecular formula is C7H9NNaO3S. The molecule has 0 saturated heterocycles. The Labute approximate surface area is 101 Å². The molecule has 6 heteroatoms. The third-order valence-electron chi connectivity index (χ3n) is 1.40. The van der Waals surface area contributed by atoms with E-state index in [0.717, 1.165) is 0 Å². The van der Waals surface area contributed by atoms with Gasteiger partial charge in [0.05, 0.1) is 17.7 Å². The molecule has 1 aromatic carbocycles. The van der Waals surface area contributed by atoms with Gasteiger partial charge < -0.3 is 15.0 Å². The van der Waals surface area contributed by atoms with Crippen LogP contribution in [0.3, 0.4) is 0 Å². The van der Waals surface area contributed by atoms with E-state index in [-0.39, 0.29) is 34.5 Å². The van der Waals surface area contributed by atoms with Crippen LogP contribution in [0.15, 0.2) is 23.1 Å². The van der Waals surface area contributed by atoms with Crippen molar-refractivity contribution in [1.82, 2.24) is 0 Å². The first-order chi connectivity index (χ1) is 5.65. The van der Waals surface area contributed by atoms with Gasteiger partial charge in [-0.1, -0.05) is 0 Å². The van der Waals surface area contributed by atoms with Gasteiger partial charge in [0.15, 0.2) is 11.1 Å². The van der Waals surface area contributed by atoms with Crippen LogP contribution >= 0.6 is 0 Å². The van der Waals surface area contributed by atoms with Gasteiger partial charge >= 0.3 is 0 Å². The summed E-state index contributed by atoms with van der Waals surface area (Å²) in [5.74, 6) is 0.504. The van der Waals surface area contributed by atoms with Gasteiger partial charge in [-0.3, -0.25) is 0 Å². The number of rotatable bonds is 2. The van der Waals surface area contributed by atoms with Crippen molar-refractivity contribution in [2.75, 3.05) is 12.8 Å². The van der Waals surface area contributed by atoms with Crippen LogP contribution in [0.4, 0.5) is 5.69 Å². The molecule has 67 valence electrons. The Balaban J connectivity index is 0.00000144. The van der Waals surface area contributed by atoms with Crippen molar-refractivity contribution in [3.63, 3.8) is 0 Å². The maximum absolute atomic E-state index is 10.6. The summed E-state index contributed by atoms with van der Waals surface area (Å²) in [7, 11) is 1.49. The summed E-state index contributed by atoms with van der Waals surface area (Å²) < 4.78 is 24.1. The van der Waals surface area contributed by atoms with Gasteiger partial charge in [-0.2, -0.15) is 0 Å². The van der Waals surface area contributed by atoms with Crippen LogP contribution in [0.5, 0.6) is 5.75 Å². The van der Waals surface area contributed by atoms with Crippen molar-refractivity contribution in [2.45, 2.75) is 4.90 Å². The minimum atomic E-state index is -1.99. The minimum absolute atomic E-state index is 0. The predicted molar refractivity (Wildman–Crippen MR) is 52.2 cm³/mol. The Morgan fingerprint density at radius 3 is 2.54 bits per heavy atom. The molecule has 0 bridgehead atoms. The van der Waals surface area contributed by atoms with E-state index in [2.05, 4.69) is 0 Å². The van der Waals surface area contributed by atoms with Gasteiger partial charge in [-0.15, -0.1) is 0 Å². The van der Waals surface area contributed by atoms with Crippen molar-refractivity contribution < 1.29 is 13.5 Å². The van der Waals surface area contributed by atoms with Crippen molar-refractivity contribution in [3.8, 4) is 5.75 Å². The molecule has 0 amide bonds. The number of nitrogen functional groups attached to an aromatic ring is 1. The van der Waals surface area contributed by atoms with Gasteiger partial charge in [0.25, 0.3) is 0 Å². The third kappa shape index (κ3) is 3.28. The monoisotopic (exact) mass is 210 g/mol. The van der Waals surface area contributed by atoms with Crippen LogP contribution in [-0.4, -0.2) is 45.4 Å². The van der Waals surface area contributed by atoms with Crippen LogP contribution in [-0.2, 0) is 11.1 Å². The molecule has 0 aromatic heterocycles. The maximum atomic E-state index is 10.6. The van der Waals surface area contributed by atoms with Gasteiger partial charge in [0.2, 0.25) is 0 Å². The Morgan fingerprint density at radius 2 is 2.15 bits per heavy atom. The molecule has 13 heavy (non-hydrogen) atoms. The van der Waals surface area contributed by atoms with Gasteiger partial charge in [-0.25, -0.2) is 4.21 Å². The molecule has 3 N–H and O–H groups in total. The van der Waals surface area contributed by atoms with Gasteiger partial charge in [-0.05, 0) is 18.2 Å². The van der Waals surface area contributed by atoms with Crippen molar-refractivity contribution >= 4 is 46.3 Å². The van der Waals surface area contributed by atoms with Crippen LogP contribution in [0.2, 0.25) is 0 Å². The summed E-state index contributed by atoms with van der Waals surface area (Å²) >= 11 is -1.99. The number of hydrogen-bond acceptors (Lipinski definition) is 3. The SMILES string of the molecule is COc1ccc(S(=O)O)cc1N.[Na]. The molecular weight excluding hydrogens is 201 g/mol. The van der Waals surface area contributed by atoms with E-state index < -0.39 is 11.1 Å². The van der Waals surface area contributed by atoms with Crippen LogP contribution in [0.1, 0.15) is 0 Å².